The molecule has 0 amide bonds. The van der Waals surface area contributed by atoms with Crippen LogP contribution in [0.15, 0.2) is 47.7 Å². The van der Waals surface area contributed by atoms with Gasteiger partial charge in [0.25, 0.3) is 0 Å². The van der Waals surface area contributed by atoms with Crippen LogP contribution in [0.3, 0.4) is 0 Å². The fourth-order valence-electron chi connectivity index (χ4n) is 1.58. The molecule has 17 heavy (non-hydrogen) atoms. The van der Waals surface area contributed by atoms with E-state index >= 15 is 0 Å². The second kappa shape index (κ2) is 4.65. The Hall–Kier alpha value is -2.36. The van der Waals surface area contributed by atoms with Gasteiger partial charge >= 0.3 is 5.97 Å². The van der Waals surface area contributed by atoms with Crippen molar-refractivity contribution < 1.29 is 9.90 Å². The molecule has 1 aromatic rings. The number of nitrogens with zero attached hydrogens (tertiary/aromatic N) is 2. The van der Waals surface area contributed by atoms with Crippen LogP contribution in [0.25, 0.3) is 0 Å². The van der Waals surface area contributed by atoms with Crippen molar-refractivity contribution in [2.45, 2.75) is 6.92 Å². The van der Waals surface area contributed by atoms with Crippen molar-refractivity contribution in [3.8, 4) is 0 Å². The summed E-state index contributed by atoms with van der Waals surface area (Å²) in [6.45, 7) is 1.77. The Labute approximate surface area is 99.2 Å². The number of hydrogen-bond donors (Lipinski definition) is 1. The van der Waals surface area contributed by atoms with Crippen molar-refractivity contribution in [1.29, 1.82) is 0 Å². The Balaban J connectivity index is 2.35. The molecule has 2 rings (SSSR count). The third-order valence-electron chi connectivity index (χ3n) is 2.43. The van der Waals surface area contributed by atoms with Crippen molar-refractivity contribution in [2.24, 2.45) is 5.10 Å². The maximum atomic E-state index is 10.9. The number of allylic oxidation sites excluding steroid dienone is 3. The summed E-state index contributed by atoms with van der Waals surface area (Å²) in [5, 5.41) is 14.8. The maximum absolute atomic E-state index is 10.9. The summed E-state index contributed by atoms with van der Waals surface area (Å²) in [5.41, 5.74) is 1.87. The molecular formula is C13H12N2O2. The zero-order valence-corrected chi connectivity index (χ0v) is 9.37. The number of benzene rings is 1. The van der Waals surface area contributed by atoms with Gasteiger partial charge in [0.05, 0.1) is 11.3 Å². The van der Waals surface area contributed by atoms with E-state index in [1.807, 2.05) is 24.4 Å². The van der Waals surface area contributed by atoms with Crippen LogP contribution in [-0.4, -0.2) is 17.3 Å². The van der Waals surface area contributed by atoms with Gasteiger partial charge in [0, 0.05) is 12.4 Å². The summed E-state index contributed by atoms with van der Waals surface area (Å²) in [6, 6.07) is 5.13. The van der Waals surface area contributed by atoms with Crippen molar-refractivity contribution in [1.82, 2.24) is 0 Å². The maximum Gasteiger partial charge on any atom is 0.335 e. The third kappa shape index (κ3) is 2.42. The number of aromatic carboxylic acids is 1. The van der Waals surface area contributed by atoms with Crippen molar-refractivity contribution in [3.63, 3.8) is 0 Å². The minimum absolute atomic E-state index is 0.314. The molecule has 0 unspecified atom stereocenters. The van der Waals surface area contributed by atoms with Crippen LogP contribution < -0.4 is 5.01 Å². The molecule has 0 saturated heterocycles. The first-order valence-corrected chi connectivity index (χ1v) is 5.19. The summed E-state index contributed by atoms with van der Waals surface area (Å²) in [5.74, 6) is -0.911. The Kier molecular flexibility index (Phi) is 3.05. The molecule has 0 radical (unpaired) electrons. The van der Waals surface area contributed by atoms with Gasteiger partial charge in [-0.25, -0.2) is 9.80 Å². The molecule has 86 valence electrons. The van der Waals surface area contributed by atoms with E-state index in [2.05, 4.69) is 5.10 Å². The first-order chi connectivity index (χ1) is 8.18. The highest BCUT2D eigenvalue weighted by Gasteiger charge is 2.09. The molecule has 0 aromatic heterocycles. The van der Waals surface area contributed by atoms with Crippen LogP contribution in [0.5, 0.6) is 0 Å². The minimum atomic E-state index is -0.911. The number of carboxylic acid groups (broad SMARTS) is 1. The average molecular weight is 228 g/mol. The molecule has 1 aliphatic heterocycles. The SMILES string of the molecule is Cc1cc(N2C=CC=CC=N2)ccc1C(=O)O. The predicted molar refractivity (Wildman–Crippen MR) is 67.4 cm³/mol. The summed E-state index contributed by atoms with van der Waals surface area (Å²) < 4.78 is 0. The highest BCUT2D eigenvalue weighted by molar-refractivity contribution is 5.90. The van der Waals surface area contributed by atoms with Crippen molar-refractivity contribution in [3.05, 3.63) is 53.8 Å². The van der Waals surface area contributed by atoms with E-state index in [9.17, 15) is 4.79 Å². The van der Waals surface area contributed by atoms with Crippen LogP contribution in [0.1, 0.15) is 15.9 Å². The van der Waals surface area contributed by atoms with E-state index in [4.69, 9.17) is 5.11 Å². The molecule has 1 N–H and O–H groups in total. The average Bonchev–Trinajstić information content (AvgIpc) is 2.56. The molecule has 0 saturated carbocycles. The van der Waals surface area contributed by atoms with Crippen LogP contribution in [-0.2, 0) is 0 Å². The van der Waals surface area contributed by atoms with Crippen molar-refractivity contribution in [2.75, 3.05) is 5.01 Å². The Bertz CT molecular complexity index is 514. The van der Waals surface area contributed by atoms with Gasteiger partial charge in [-0.1, -0.05) is 6.08 Å². The van der Waals surface area contributed by atoms with Crippen LogP contribution in [0.2, 0.25) is 0 Å². The summed E-state index contributed by atoms with van der Waals surface area (Å²) in [7, 11) is 0. The molecule has 1 aliphatic rings. The lowest BCUT2D eigenvalue weighted by atomic mass is 10.1. The van der Waals surface area contributed by atoms with Gasteiger partial charge < -0.3 is 5.11 Å². The van der Waals surface area contributed by atoms with Gasteiger partial charge in [-0.15, -0.1) is 0 Å². The van der Waals surface area contributed by atoms with Gasteiger partial charge in [0.2, 0.25) is 0 Å². The molecule has 0 fully saturated rings. The topological polar surface area (TPSA) is 52.9 Å². The normalized spacial score (nSPS) is 13.8. The van der Waals surface area contributed by atoms with E-state index in [0.29, 0.717) is 5.56 Å². The molecule has 0 spiro atoms. The van der Waals surface area contributed by atoms with Gasteiger partial charge in [-0.2, -0.15) is 5.10 Å². The number of carboxylic acids is 1. The number of hydrogen-bond acceptors (Lipinski definition) is 3. The zero-order chi connectivity index (χ0) is 12.3. The highest BCUT2D eigenvalue weighted by atomic mass is 16.4. The summed E-state index contributed by atoms with van der Waals surface area (Å²) in [6.07, 6.45) is 9.07. The zero-order valence-electron chi connectivity index (χ0n) is 9.37. The molecule has 0 atom stereocenters. The summed E-state index contributed by atoms with van der Waals surface area (Å²) in [4.78, 5) is 10.9. The van der Waals surface area contributed by atoms with Crippen LogP contribution >= 0.6 is 0 Å². The Morgan fingerprint density at radius 1 is 1.29 bits per heavy atom. The number of anilines is 1. The minimum Gasteiger partial charge on any atom is -0.478 e. The lowest BCUT2D eigenvalue weighted by Crippen LogP contribution is -2.08. The van der Waals surface area contributed by atoms with E-state index < -0.39 is 5.97 Å². The van der Waals surface area contributed by atoms with Crippen molar-refractivity contribution >= 4 is 17.9 Å². The second-order valence-corrected chi connectivity index (χ2v) is 3.64. The standard InChI is InChI=1S/C13H12N2O2/c1-10-9-11(5-6-12(10)13(16)17)15-8-4-2-3-7-14-15/h2-9H,1H3,(H,16,17). The smallest absolute Gasteiger partial charge is 0.335 e. The first-order valence-electron chi connectivity index (χ1n) is 5.19. The number of hydrazone groups is 1. The van der Waals surface area contributed by atoms with E-state index in [1.54, 1.807) is 36.3 Å². The highest BCUT2D eigenvalue weighted by Crippen LogP contribution is 2.20. The number of aryl methyl sites for hydroxylation is 1. The fourth-order valence-corrected chi connectivity index (χ4v) is 1.58. The van der Waals surface area contributed by atoms with E-state index in [-0.39, 0.29) is 0 Å². The molecular weight excluding hydrogens is 216 g/mol. The number of rotatable bonds is 2. The second-order valence-electron chi connectivity index (χ2n) is 3.64. The molecule has 1 aromatic carbocycles. The molecule has 4 heteroatoms. The van der Waals surface area contributed by atoms with E-state index in [1.165, 1.54) is 0 Å². The fraction of sp³-hybridized carbons (Fsp3) is 0.0769. The Morgan fingerprint density at radius 2 is 2.12 bits per heavy atom. The van der Waals surface area contributed by atoms with Gasteiger partial charge in [0.15, 0.2) is 0 Å². The first kappa shape index (κ1) is 11.1. The van der Waals surface area contributed by atoms with Gasteiger partial charge in [-0.05, 0) is 42.8 Å². The van der Waals surface area contributed by atoms with E-state index in [0.717, 1.165) is 11.3 Å². The van der Waals surface area contributed by atoms with Gasteiger partial charge in [0.1, 0.15) is 0 Å². The lowest BCUT2D eigenvalue weighted by Gasteiger charge is -2.14. The van der Waals surface area contributed by atoms with Crippen LogP contribution in [0, 0.1) is 6.92 Å². The largest absolute Gasteiger partial charge is 0.478 e. The molecule has 0 aliphatic carbocycles. The monoisotopic (exact) mass is 228 g/mol. The quantitative estimate of drug-likeness (QED) is 0.846. The predicted octanol–water partition coefficient (Wildman–Crippen LogP) is 2.57. The van der Waals surface area contributed by atoms with Crippen LogP contribution in [0.4, 0.5) is 5.69 Å². The third-order valence-corrected chi connectivity index (χ3v) is 2.43. The Morgan fingerprint density at radius 3 is 2.82 bits per heavy atom. The van der Waals surface area contributed by atoms with Gasteiger partial charge in [-0.3, -0.25) is 0 Å². The number of carbonyl (C=O) groups is 1. The molecule has 0 bridgehead atoms. The molecule has 1 heterocycles. The summed E-state index contributed by atoms with van der Waals surface area (Å²) >= 11 is 0. The lowest BCUT2D eigenvalue weighted by molar-refractivity contribution is 0.0696. The molecule has 4 nitrogen and oxygen atoms in total.